The highest BCUT2D eigenvalue weighted by Crippen LogP contribution is 2.31. The zero-order chi connectivity index (χ0) is 21.2. The monoisotopic (exact) mass is 425 g/mol. The molecule has 0 bridgehead atoms. The Labute approximate surface area is 166 Å². The van der Waals surface area contributed by atoms with Gasteiger partial charge in [0.1, 0.15) is 17.3 Å². The van der Waals surface area contributed by atoms with Crippen LogP contribution in [0.25, 0.3) is 11.1 Å². The van der Waals surface area contributed by atoms with Gasteiger partial charge in [0, 0.05) is 17.1 Å². The second-order valence-electron chi connectivity index (χ2n) is 6.00. The Hall–Kier alpha value is -3.21. The summed E-state index contributed by atoms with van der Waals surface area (Å²) >= 11 is 0.919. The predicted molar refractivity (Wildman–Crippen MR) is 97.8 cm³/mol. The molecular weight excluding hydrogens is 411 g/mol. The van der Waals surface area contributed by atoms with Gasteiger partial charge in [-0.3, -0.25) is 14.9 Å². The molecule has 2 heterocycles. The van der Waals surface area contributed by atoms with Crippen LogP contribution in [0.3, 0.4) is 0 Å². The molecule has 0 atom stereocenters. The summed E-state index contributed by atoms with van der Waals surface area (Å²) < 4.78 is 50.6. The number of furan rings is 1. The third-order valence-electron chi connectivity index (χ3n) is 3.62. The van der Waals surface area contributed by atoms with Crippen LogP contribution in [-0.4, -0.2) is 27.4 Å². The van der Waals surface area contributed by atoms with Gasteiger partial charge in [0.2, 0.25) is 5.13 Å². The number of nitrogens with zero attached hydrogens (tertiary/aromatic N) is 2. The molecule has 152 valence electrons. The molecule has 3 rings (SSSR count). The molecule has 0 aliphatic carbocycles. The highest BCUT2D eigenvalue weighted by atomic mass is 32.1. The molecule has 2 aromatic heterocycles. The standard InChI is InChI=1S/C18H14F3N3O4S/c1-9(25)6-15-22-17(29-24-15)23-16(26)14-8-13(10(2)27-14)11-4-3-5-12(7-11)28-18(19,20)21/h3-5,7-8H,6H2,1-2H3,(H,22,23,24,26). The van der Waals surface area contributed by atoms with Crippen molar-refractivity contribution in [1.82, 2.24) is 9.36 Å². The number of halogens is 3. The lowest BCUT2D eigenvalue weighted by Gasteiger charge is -2.09. The summed E-state index contributed by atoms with van der Waals surface area (Å²) in [6.45, 7) is 2.99. The highest BCUT2D eigenvalue weighted by molar-refractivity contribution is 7.09. The molecule has 0 unspecified atom stereocenters. The molecule has 1 N–H and O–H groups in total. The Balaban J connectivity index is 1.78. The molecule has 11 heteroatoms. The van der Waals surface area contributed by atoms with Crippen molar-refractivity contribution in [2.75, 3.05) is 5.32 Å². The minimum absolute atomic E-state index is 0.0528. The van der Waals surface area contributed by atoms with Gasteiger partial charge in [-0.1, -0.05) is 12.1 Å². The lowest BCUT2D eigenvalue weighted by Crippen LogP contribution is -2.17. The molecule has 3 aromatic rings. The molecule has 29 heavy (non-hydrogen) atoms. The van der Waals surface area contributed by atoms with Gasteiger partial charge in [0.25, 0.3) is 5.91 Å². The molecular formula is C18H14F3N3O4S. The van der Waals surface area contributed by atoms with Crippen molar-refractivity contribution in [3.8, 4) is 16.9 Å². The van der Waals surface area contributed by atoms with Crippen molar-refractivity contribution >= 4 is 28.4 Å². The molecule has 0 aliphatic heterocycles. The fourth-order valence-electron chi connectivity index (χ4n) is 2.50. The summed E-state index contributed by atoms with van der Waals surface area (Å²) in [5.41, 5.74) is 0.837. The molecule has 1 amide bonds. The second-order valence-corrected chi connectivity index (χ2v) is 6.76. The first-order valence-corrected chi connectivity index (χ1v) is 8.98. The van der Waals surface area contributed by atoms with E-state index in [0.717, 1.165) is 11.5 Å². The van der Waals surface area contributed by atoms with E-state index < -0.39 is 12.3 Å². The zero-order valence-corrected chi connectivity index (χ0v) is 16.0. The van der Waals surface area contributed by atoms with Crippen molar-refractivity contribution in [1.29, 1.82) is 0 Å². The topological polar surface area (TPSA) is 94.3 Å². The number of aromatic nitrogens is 2. The summed E-state index contributed by atoms with van der Waals surface area (Å²) in [7, 11) is 0. The Morgan fingerprint density at radius 2 is 2.03 bits per heavy atom. The van der Waals surface area contributed by atoms with Crippen molar-refractivity contribution < 1.29 is 31.9 Å². The third kappa shape index (κ3) is 5.41. The van der Waals surface area contributed by atoms with E-state index in [1.165, 1.54) is 31.2 Å². The highest BCUT2D eigenvalue weighted by Gasteiger charge is 2.31. The van der Waals surface area contributed by atoms with Crippen LogP contribution in [0.2, 0.25) is 0 Å². The van der Waals surface area contributed by atoms with E-state index in [4.69, 9.17) is 4.42 Å². The predicted octanol–water partition coefficient (Wildman–Crippen LogP) is 4.39. The van der Waals surface area contributed by atoms with Crippen molar-refractivity contribution in [3.63, 3.8) is 0 Å². The number of hydrogen-bond acceptors (Lipinski definition) is 7. The van der Waals surface area contributed by atoms with Gasteiger partial charge in [0.05, 0.1) is 6.42 Å². The van der Waals surface area contributed by atoms with Gasteiger partial charge < -0.3 is 9.15 Å². The fraction of sp³-hybridized carbons (Fsp3) is 0.222. The van der Waals surface area contributed by atoms with Crippen molar-refractivity contribution in [3.05, 3.63) is 47.7 Å². The van der Waals surface area contributed by atoms with Crippen LogP contribution in [0.1, 0.15) is 29.1 Å². The Bertz CT molecular complexity index is 1060. The van der Waals surface area contributed by atoms with Gasteiger partial charge in [-0.25, -0.2) is 4.98 Å². The number of alkyl halides is 3. The summed E-state index contributed by atoms with van der Waals surface area (Å²) in [5, 5.41) is 2.71. The van der Waals surface area contributed by atoms with Crippen molar-refractivity contribution in [2.24, 2.45) is 0 Å². The summed E-state index contributed by atoms with van der Waals surface area (Å²) in [4.78, 5) is 27.5. The number of benzene rings is 1. The number of rotatable bonds is 6. The number of hydrogen-bond donors (Lipinski definition) is 1. The van der Waals surface area contributed by atoms with Crippen LogP contribution in [0.5, 0.6) is 5.75 Å². The molecule has 0 aliphatic rings. The van der Waals surface area contributed by atoms with Gasteiger partial charge in [-0.05, 0) is 37.6 Å². The number of carbonyl (C=O) groups excluding carboxylic acids is 2. The molecule has 0 saturated heterocycles. The average molecular weight is 425 g/mol. The maximum Gasteiger partial charge on any atom is 0.573 e. The van der Waals surface area contributed by atoms with Crippen LogP contribution in [0, 0.1) is 6.92 Å². The van der Waals surface area contributed by atoms with E-state index >= 15 is 0 Å². The van der Waals surface area contributed by atoms with E-state index in [2.05, 4.69) is 19.4 Å². The number of amides is 1. The molecule has 0 spiro atoms. The van der Waals surface area contributed by atoms with Gasteiger partial charge in [0.15, 0.2) is 11.6 Å². The number of nitrogens with one attached hydrogen (secondary N) is 1. The van der Waals surface area contributed by atoms with Gasteiger partial charge in [-0.15, -0.1) is 13.2 Å². The van der Waals surface area contributed by atoms with E-state index in [1.54, 1.807) is 13.0 Å². The molecule has 0 fully saturated rings. The molecule has 0 radical (unpaired) electrons. The van der Waals surface area contributed by atoms with Gasteiger partial charge >= 0.3 is 6.36 Å². The van der Waals surface area contributed by atoms with Gasteiger partial charge in [-0.2, -0.15) is 4.37 Å². The molecule has 1 aromatic carbocycles. The smallest absolute Gasteiger partial charge is 0.456 e. The number of Topliss-reactive ketones (excluding diaryl/α,β-unsaturated/α-hetero) is 1. The van der Waals surface area contributed by atoms with Crippen molar-refractivity contribution in [2.45, 2.75) is 26.6 Å². The number of anilines is 1. The minimum atomic E-state index is -4.81. The number of carbonyl (C=O) groups is 2. The normalized spacial score (nSPS) is 11.3. The maximum atomic E-state index is 12.4. The number of ether oxygens (including phenoxy) is 1. The van der Waals surface area contributed by atoms with Crippen LogP contribution < -0.4 is 10.1 Å². The van der Waals surface area contributed by atoms with E-state index in [9.17, 15) is 22.8 Å². The Kier molecular flexibility index (Phi) is 5.69. The second kappa shape index (κ2) is 8.03. The lowest BCUT2D eigenvalue weighted by molar-refractivity contribution is -0.274. The zero-order valence-electron chi connectivity index (χ0n) is 15.2. The maximum absolute atomic E-state index is 12.4. The van der Waals surface area contributed by atoms with E-state index in [1.807, 2.05) is 0 Å². The molecule has 7 nitrogen and oxygen atoms in total. The molecule has 0 saturated carbocycles. The third-order valence-corrected chi connectivity index (χ3v) is 4.28. The Morgan fingerprint density at radius 3 is 2.72 bits per heavy atom. The Morgan fingerprint density at radius 1 is 1.28 bits per heavy atom. The van der Waals surface area contributed by atoms with E-state index in [0.29, 0.717) is 22.7 Å². The fourth-order valence-corrected chi connectivity index (χ4v) is 3.08. The number of aryl methyl sites for hydroxylation is 1. The van der Waals surface area contributed by atoms with Crippen LogP contribution in [0.15, 0.2) is 34.7 Å². The first-order chi connectivity index (χ1) is 13.6. The minimum Gasteiger partial charge on any atom is -0.456 e. The summed E-state index contributed by atoms with van der Waals surface area (Å²) in [5.74, 6) is -0.503. The van der Waals surface area contributed by atoms with Crippen LogP contribution in [-0.2, 0) is 11.2 Å². The number of ketones is 1. The van der Waals surface area contributed by atoms with Crippen LogP contribution in [0.4, 0.5) is 18.3 Å². The lowest BCUT2D eigenvalue weighted by atomic mass is 10.1. The quantitative estimate of drug-likeness (QED) is 0.630. The summed E-state index contributed by atoms with van der Waals surface area (Å²) in [6, 6.07) is 6.76. The summed E-state index contributed by atoms with van der Waals surface area (Å²) in [6.07, 6.45) is -4.75. The van der Waals surface area contributed by atoms with E-state index in [-0.39, 0.29) is 28.8 Å². The van der Waals surface area contributed by atoms with Crippen LogP contribution >= 0.6 is 11.5 Å². The largest absolute Gasteiger partial charge is 0.573 e. The average Bonchev–Trinajstić information content (AvgIpc) is 3.19. The first kappa shape index (κ1) is 20.5. The SMILES string of the molecule is CC(=O)Cc1nsc(NC(=O)c2cc(-c3cccc(OC(F)(F)F)c3)c(C)o2)n1. The first-order valence-electron chi connectivity index (χ1n) is 8.21.